The number of hydrogen-bond acceptors (Lipinski definition) is 6. The Hall–Kier alpha value is -3.17. The van der Waals surface area contributed by atoms with Crippen LogP contribution < -0.4 is 15.6 Å². The molecule has 0 aliphatic carbocycles. The van der Waals surface area contributed by atoms with Crippen LogP contribution in [-0.2, 0) is 16.1 Å². The van der Waals surface area contributed by atoms with Crippen molar-refractivity contribution in [1.29, 1.82) is 0 Å². The number of rotatable bonds is 6. The number of nitrogens with one attached hydrogen (secondary N) is 1. The maximum atomic E-state index is 13.1. The van der Waals surface area contributed by atoms with Crippen LogP contribution in [0, 0.1) is 5.92 Å². The predicted molar refractivity (Wildman–Crippen MR) is 141 cm³/mol. The van der Waals surface area contributed by atoms with E-state index in [2.05, 4.69) is 21.2 Å². The molecule has 1 aromatic carbocycles. The summed E-state index contributed by atoms with van der Waals surface area (Å²) in [6.07, 6.45) is 1.08. The molecule has 3 atom stereocenters. The number of aromatic nitrogens is 1. The van der Waals surface area contributed by atoms with Crippen LogP contribution in [0.5, 0.6) is 5.75 Å². The lowest BCUT2D eigenvalue weighted by Gasteiger charge is -2.47. The summed E-state index contributed by atoms with van der Waals surface area (Å²) in [7, 11) is 1.63. The minimum atomic E-state index is -0.389. The van der Waals surface area contributed by atoms with Crippen LogP contribution in [-0.4, -0.2) is 58.9 Å². The minimum Gasteiger partial charge on any atom is -0.497 e. The van der Waals surface area contributed by atoms with Crippen LogP contribution in [0.1, 0.15) is 43.5 Å². The second-order valence-corrected chi connectivity index (χ2v) is 10.1. The van der Waals surface area contributed by atoms with Crippen LogP contribution in [0.15, 0.2) is 58.5 Å². The van der Waals surface area contributed by atoms with Crippen molar-refractivity contribution in [2.75, 3.05) is 33.5 Å². The Labute approximate surface area is 216 Å². The van der Waals surface area contributed by atoms with Crippen LogP contribution in [0.4, 0.5) is 0 Å². The average Bonchev–Trinajstić information content (AvgIpc) is 2.86. The number of benzene rings is 1. The van der Waals surface area contributed by atoms with Crippen molar-refractivity contribution in [3.63, 3.8) is 0 Å². The fourth-order valence-corrected chi connectivity index (χ4v) is 6.17. The van der Waals surface area contributed by atoms with E-state index in [9.17, 15) is 9.59 Å². The third kappa shape index (κ3) is 4.53. The van der Waals surface area contributed by atoms with Crippen molar-refractivity contribution in [3.05, 3.63) is 75.3 Å². The number of allylic oxidation sites excluding steroid dienone is 1. The van der Waals surface area contributed by atoms with E-state index in [4.69, 9.17) is 21.7 Å². The summed E-state index contributed by atoms with van der Waals surface area (Å²) >= 11 is 5.82. The number of carbonyl (C=O) groups excluding carboxylic acids is 1. The summed E-state index contributed by atoms with van der Waals surface area (Å²) < 4.78 is 12.7. The van der Waals surface area contributed by atoms with Crippen molar-refractivity contribution in [2.24, 2.45) is 5.92 Å². The van der Waals surface area contributed by atoms with Crippen LogP contribution in [0.2, 0.25) is 0 Å². The highest BCUT2D eigenvalue weighted by Gasteiger charge is 2.40. The molecule has 1 N–H and O–H groups in total. The van der Waals surface area contributed by atoms with Gasteiger partial charge in [0.15, 0.2) is 5.11 Å². The Bertz CT molecular complexity index is 1260. The highest BCUT2D eigenvalue weighted by Crippen LogP contribution is 2.38. The molecule has 8 nitrogen and oxygen atoms in total. The van der Waals surface area contributed by atoms with Gasteiger partial charge in [0.2, 0.25) is 0 Å². The number of methoxy groups -OCH3 is 1. The number of likely N-dealkylation sites (tertiary alicyclic amines) is 1. The van der Waals surface area contributed by atoms with Gasteiger partial charge in [-0.15, -0.1) is 0 Å². The summed E-state index contributed by atoms with van der Waals surface area (Å²) in [5.41, 5.74) is 3.40. The number of nitrogens with zero attached hydrogens (tertiary/aromatic N) is 3. The van der Waals surface area contributed by atoms with Crippen molar-refractivity contribution >= 4 is 23.3 Å². The number of thiocarbonyl (C=S) groups is 1. The lowest BCUT2D eigenvalue weighted by Crippen LogP contribution is -2.55. The third-order valence-corrected chi connectivity index (χ3v) is 7.72. The molecule has 1 fully saturated rings. The molecular weight excluding hydrogens is 476 g/mol. The predicted octanol–water partition coefficient (Wildman–Crippen LogP) is 3.00. The number of ether oxygens (including phenoxy) is 2. The Morgan fingerprint density at radius 2 is 1.92 bits per heavy atom. The lowest BCUT2D eigenvalue weighted by molar-refractivity contribution is -0.139. The standard InChI is InChI=1S/C27H32N4O4S/c1-4-35-26(33)24-17(2)28-27(36)31(25(24)19-8-10-21(34-3)11-9-19)16-29-13-18-12-20(15-29)22-6-5-7-23(32)30(22)14-18/h5-11,18,20,25H,4,12-16H2,1-3H3,(H,28,36). The quantitative estimate of drug-likeness (QED) is 0.472. The first-order valence-corrected chi connectivity index (χ1v) is 12.8. The molecule has 1 aromatic heterocycles. The number of pyridine rings is 1. The summed E-state index contributed by atoms with van der Waals surface area (Å²) in [6.45, 7) is 6.96. The van der Waals surface area contributed by atoms with Gasteiger partial charge in [0.25, 0.3) is 5.56 Å². The molecule has 36 heavy (non-hydrogen) atoms. The topological polar surface area (TPSA) is 76.0 Å². The Morgan fingerprint density at radius 3 is 2.64 bits per heavy atom. The highest BCUT2D eigenvalue weighted by molar-refractivity contribution is 7.80. The molecule has 0 radical (unpaired) electrons. The number of hydrogen-bond donors (Lipinski definition) is 1. The van der Waals surface area contributed by atoms with Crippen molar-refractivity contribution < 1.29 is 14.3 Å². The van der Waals surface area contributed by atoms with Crippen LogP contribution in [0.25, 0.3) is 0 Å². The van der Waals surface area contributed by atoms with Gasteiger partial charge in [-0.3, -0.25) is 9.69 Å². The third-order valence-electron chi connectivity index (χ3n) is 7.38. The van der Waals surface area contributed by atoms with Gasteiger partial charge in [0.05, 0.1) is 32.0 Å². The summed E-state index contributed by atoms with van der Waals surface area (Å²) in [5, 5.41) is 3.82. The van der Waals surface area contributed by atoms with E-state index in [-0.39, 0.29) is 17.6 Å². The molecule has 2 aromatic rings. The molecule has 2 bridgehead atoms. The van der Waals surface area contributed by atoms with E-state index >= 15 is 0 Å². The van der Waals surface area contributed by atoms with Gasteiger partial charge in [-0.25, -0.2) is 4.79 Å². The molecule has 5 rings (SSSR count). The van der Waals surface area contributed by atoms with Gasteiger partial charge < -0.3 is 24.3 Å². The average molecular weight is 509 g/mol. The fraction of sp³-hybridized carbons (Fsp3) is 0.444. The molecule has 9 heteroatoms. The second-order valence-electron chi connectivity index (χ2n) is 9.71. The lowest BCUT2D eigenvalue weighted by atomic mass is 9.83. The first kappa shape index (κ1) is 24.5. The van der Waals surface area contributed by atoms with Gasteiger partial charge in [0, 0.05) is 43.0 Å². The number of carbonyl (C=O) groups is 1. The summed E-state index contributed by atoms with van der Waals surface area (Å²) in [4.78, 5) is 30.0. The van der Waals surface area contributed by atoms with Crippen molar-refractivity contribution in [3.8, 4) is 5.75 Å². The highest BCUT2D eigenvalue weighted by atomic mass is 32.1. The van der Waals surface area contributed by atoms with Crippen LogP contribution in [0.3, 0.4) is 0 Å². The molecule has 4 heterocycles. The van der Waals surface area contributed by atoms with E-state index in [1.807, 2.05) is 48.7 Å². The normalized spacial score (nSPS) is 23.7. The smallest absolute Gasteiger partial charge is 0.338 e. The maximum Gasteiger partial charge on any atom is 0.338 e. The molecule has 3 aliphatic rings. The van der Waals surface area contributed by atoms with E-state index in [0.717, 1.165) is 43.1 Å². The van der Waals surface area contributed by atoms with E-state index in [0.29, 0.717) is 41.5 Å². The minimum absolute atomic E-state index is 0.0799. The molecular formula is C27H32N4O4S. The van der Waals surface area contributed by atoms with Gasteiger partial charge in [-0.05, 0) is 62.2 Å². The zero-order valence-electron chi connectivity index (χ0n) is 20.9. The zero-order valence-corrected chi connectivity index (χ0v) is 21.7. The second kappa shape index (κ2) is 10.1. The van der Waals surface area contributed by atoms with Crippen molar-refractivity contribution in [2.45, 2.75) is 38.8 Å². The Kier molecular flexibility index (Phi) is 6.85. The molecule has 0 spiro atoms. The van der Waals surface area contributed by atoms with E-state index in [1.54, 1.807) is 13.2 Å². The summed E-state index contributed by atoms with van der Waals surface area (Å²) in [6, 6.07) is 12.9. The molecule has 1 saturated heterocycles. The number of fused-ring (bicyclic) bond motifs is 4. The summed E-state index contributed by atoms with van der Waals surface area (Å²) in [5.74, 6) is 1.08. The Morgan fingerprint density at radius 1 is 1.14 bits per heavy atom. The molecule has 3 unspecified atom stereocenters. The SMILES string of the molecule is CCOC(=O)C1=C(C)NC(=S)N(CN2CC3CC(C2)c2cccc(=O)n2C3)C1c1ccc(OC)cc1. The number of piperidine rings is 1. The Balaban J connectivity index is 1.47. The number of esters is 1. The van der Waals surface area contributed by atoms with Gasteiger partial charge in [-0.2, -0.15) is 0 Å². The van der Waals surface area contributed by atoms with Crippen molar-refractivity contribution in [1.82, 2.24) is 19.7 Å². The molecule has 190 valence electrons. The van der Waals surface area contributed by atoms with Gasteiger partial charge in [0.1, 0.15) is 5.75 Å². The fourth-order valence-electron chi connectivity index (χ4n) is 5.86. The largest absolute Gasteiger partial charge is 0.497 e. The molecule has 3 aliphatic heterocycles. The monoisotopic (exact) mass is 508 g/mol. The molecule has 0 amide bonds. The van der Waals surface area contributed by atoms with Gasteiger partial charge in [-0.1, -0.05) is 18.2 Å². The zero-order chi connectivity index (χ0) is 25.4. The van der Waals surface area contributed by atoms with Crippen LogP contribution >= 0.6 is 12.2 Å². The maximum absolute atomic E-state index is 13.1. The first-order valence-electron chi connectivity index (χ1n) is 12.4. The van der Waals surface area contributed by atoms with E-state index < -0.39 is 0 Å². The van der Waals surface area contributed by atoms with E-state index in [1.165, 1.54) is 0 Å². The van der Waals surface area contributed by atoms with Gasteiger partial charge >= 0.3 is 5.97 Å². The first-order chi connectivity index (χ1) is 17.4. The molecule has 0 saturated carbocycles.